The lowest BCUT2D eigenvalue weighted by molar-refractivity contribution is 0.0996. The van der Waals surface area contributed by atoms with E-state index in [-0.39, 0.29) is 23.9 Å². The molecule has 6 nitrogen and oxygen atoms in total. The molecule has 7 heteroatoms. The second-order valence-electron chi connectivity index (χ2n) is 4.46. The van der Waals surface area contributed by atoms with Crippen LogP contribution in [0.5, 0.6) is 0 Å². The lowest BCUT2D eigenvalue weighted by Gasteiger charge is -1.97. The van der Waals surface area contributed by atoms with Gasteiger partial charge in [0.1, 0.15) is 5.69 Å². The number of primary amides is 1. The number of carbonyl (C=O) groups excluding carboxylic acids is 1. The van der Waals surface area contributed by atoms with Crippen LogP contribution >= 0.6 is 12.4 Å². The van der Waals surface area contributed by atoms with Crippen molar-refractivity contribution >= 4 is 18.3 Å². The summed E-state index contributed by atoms with van der Waals surface area (Å²) in [5.74, 6) is -0.0704. The fourth-order valence-corrected chi connectivity index (χ4v) is 1.96. The zero-order valence-corrected chi connectivity index (χ0v) is 12.5. The Morgan fingerprint density at radius 2 is 2.00 bits per heavy atom. The first kappa shape index (κ1) is 15.7. The Bertz CT molecular complexity index is 802. The van der Waals surface area contributed by atoms with Crippen molar-refractivity contribution in [1.29, 1.82) is 0 Å². The first-order chi connectivity index (χ1) is 10.1. The average molecular weight is 317 g/mol. The summed E-state index contributed by atoms with van der Waals surface area (Å²) in [7, 11) is 0. The van der Waals surface area contributed by atoms with E-state index in [9.17, 15) is 4.79 Å². The van der Waals surface area contributed by atoms with Gasteiger partial charge in [-0.15, -0.1) is 12.4 Å². The number of hydrogen-bond donors (Lipinski definition) is 1. The number of oxazole rings is 1. The number of hydrogen-bond acceptors (Lipinski definition) is 5. The van der Waals surface area contributed by atoms with Crippen LogP contribution in [0, 0.1) is 6.92 Å². The minimum atomic E-state index is -0.656. The molecular formula is C15H13ClN4O2. The Morgan fingerprint density at radius 1 is 1.18 bits per heavy atom. The maximum absolute atomic E-state index is 11.6. The van der Waals surface area contributed by atoms with E-state index in [0.29, 0.717) is 11.6 Å². The summed E-state index contributed by atoms with van der Waals surface area (Å²) in [4.78, 5) is 24.0. The number of nitrogens with two attached hydrogens (primary N) is 1. The zero-order valence-electron chi connectivity index (χ0n) is 11.7. The topological polar surface area (TPSA) is 94.9 Å². The second-order valence-corrected chi connectivity index (χ2v) is 4.46. The van der Waals surface area contributed by atoms with Gasteiger partial charge in [-0.1, -0.05) is 6.07 Å². The third-order valence-corrected chi connectivity index (χ3v) is 2.90. The van der Waals surface area contributed by atoms with E-state index in [1.165, 1.54) is 0 Å². The van der Waals surface area contributed by atoms with Crippen LogP contribution in [-0.2, 0) is 0 Å². The Kier molecular flexibility index (Phi) is 4.53. The molecule has 2 N–H and O–H groups in total. The molecule has 0 unspecified atom stereocenters. The van der Waals surface area contributed by atoms with Gasteiger partial charge < -0.3 is 10.2 Å². The predicted octanol–water partition coefficient (Wildman–Crippen LogP) is 2.63. The number of aromatic nitrogens is 3. The summed E-state index contributed by atoms with van der Waals surface area (Å²) >= 11 is 0. The monoisotopic (exact) mass is 316 g/mol. The minimum absolute atomic E-state index is 0. The minimum Gasteiger partial charge on any atom is -0.434 e. The molecule has 0 aliphatic carbocycles. The van der Waals surface area contributed by atoms with Crippen molar-refractivity contribution in [2.45, 2.75) is 6.92 Å². The Labute approximate surface area is 132 Å². The van der Waals surface area contributed by atoms with Gasteiger partial charge in [0.2, 0.25) is 5.89 Å². The molecule has 3 aromatic heterocycles. The molecule has 3 heterocycles. The van der Waals surface area contributed by atoms with Crippen LogP contribution < -0.4 is 5.73 Å². The fourth-order valence-electron chi connectivity index (χ4n) is 1.96. The number of carbonyl (C=O) groups is 1. The van der Waals surface area contributed by atoms with Crippen molar-refractivity contribution in [1.82, 2.24) is 15.0 Å². The maximum atomic E-state index is 11.6. The van der Waals surface area contributed by atoms with Gasteiger partial charge in [-0.25, -0.2) is 4.98 Å². The number of halogens is 1. The molecule has 0 atom stereocenters. The van der Waals surface area contributed by atoms with E-state index < -0.39 is 5.91 Å². The summed E-state index contributed by atoms with van der Waals surface area (Å²) < 4.78 is 5.70. The Morgan fingerprint density at radius 3 is 2.64 bits per heavy atom. The van der Waals surface area contributed by atoms with E-state index >= 15 is 0 Å². The third kappa shape index (κ3) is 2.96. The van der Waals surface area contributed by atoms with Crippen LogP contribution in [0.3, 0.4) is 0 Å². The van der Waals surface area contributed by atoms with Crippen LogP contribution in [0.1, 0.15) is 16.2 Å². The molecule has 3 aromatic rings. The molecule has 3 rings (SSSR count). The largest absolute Gasteiger partial charge is 0.434 e. The summed E-state index contributed by atoms with van der Waals surface area (Å²) in [6.07, 6.45) is 3.26. The van der Waals surface area contributed by atoms with Gasteiger partial charge in [0, 0.05) is 23.7 Å². The SMILES string of the molecule is Cc1cc(-c2nc(C(N)=O)c(-c3ccccn3)o2)ccn1.Cl. The Hall–Kier alpha value is -2.73. The van der Waals surface area contributed by atoms with E-state index in [1.807, 2.05) is 13.0 Å². The number of pyridine rings is 2. The molecule has 0 aromatic carbocycles. The highest BCUT2D eigenvalue weighted by Crippen LogP contribution is 2.28. The molecule has 0 aliphatic heterocycles. The third-order valence-electron chi connectivity index (χ3n) is 2.90. The van der Waals surface area contributed by atoms with Gasteiger partial charge >= 0.3 is 0 Å². The van der Waals surface area contributed by atoms with Gasteiger partial charge in [-0.05, 0) is 31.2 Å². The smallest absolute Gasteiger partial charge is 0.271 e. The van der Waals surface area contributed by atoms with Crippen molar-refractivity contribution < 1.29 is 9.21 Å². The van der Waals surface area contributed by atoms with Gasteiger partial charge in [0.25, 0.3) is 5.91 Å². The van der Waals surface area contributed by atoms with Gasteiger partial charge in [0.05, 0.1) is 0 Å². The summed E-state index contributed by atoms with van der Waals surface area (Å²) in [5.41, 5.74) is 7.50. The van der Waals surface area contributed by atoms with Gasteiger partial charge in [0.15, 0.2) is 11.5 Å². The highest BCUT2D eigenvalue weighted by Gasteiger charge is 2.21. The molecule has 0 bridgehead atoms. The zero-order chi connectivity index (χ0) is 14.8. The van der Waals surface area contributed by atoms with E-state index in [2.05, 4.69) is 15.0 Å². The summed E-state index contributed by atoms with van der Waals surface area (Å²) in [5, 5.41) is 0. The molecule has 0 spiro atoms. The normalized spacial score (nSPS) is 10.0. The first-order valence-electron chi connectivity index (χ1n) is 6.30. The second kappa shape index (κ2) is 6.36. The highest BCUT2D eigenvalue weighted by atomic mass is 35.5. The molecule has 0 saturated heterocycles. The van der Waals surface area contributed by atoms with E-state index in [4.69, 9.17) is 10.2 Å². The first-order valence-corrected chi connectivity index (χ1v) is 6.30. The van der Waals surface area contributed by atoms with E-state index in [1.54, 1.807) is 36.7 Å². The van der Waals surface area contributed by atoms with E-state index in [0.717, 1.165) is 11.3 Å². The Balaban J connectivity index is 0.00000176. The molecule has 0 radical (unpaired) electrons. The molecule has 0 fully saturated rings. The lowest BCUT2D eigenvalue weighted by Crippen LogP contribution is -2.12. The highest BCUT2D eigenvalue weighted by molar-refractivity contribution is 5.96. The molecular weight excluding hydrogens is 304 g/mol. The van der Waals surface area contributed by atoms with Crippen LogP contribution in [0.15, 0.2) is 47.1 Å². The average Bonchev–Trinajstić information content (AvgIpc) is 2.93. The number of nitrogens with zero attached hydrogens (tertiary/aromatic N) is 3. The van der Waals surface area contributed by atoms with Gasteiger partial charge in [-0.3, -0.25) is 14.8 Å². The van der Waals surface area contributed by atoms with Crippen molar-refractivity contribution in [2.24, 2.45) is 5.73 Å². The molecule has 0 saturated carbocycles. The van der Waals surface area contributed by atoms with Crippen LogP contribution in [-0.4, -0.2) is 20.9 Å². The number of amides is 1. The maximum Gasteiger partial charge on any atom is 0.271 e. The lowest BCUT2D eigenvalue weighted by atomic mass is 10.2. The van der Waals surface area contributed by atoms with Crippen molar-refractivity contribution in [3.8, 4) is 22.9 Å². The number of aryl methyl sites for hydroxylation is 1. The molecule has 112 valence electrons. The molecule has 0 aliphatic rings. The fraction of sp³-hybridized carbons (Fsp3) is 0.0667. The summed E-state index contributed by atoms with van der Waals surface area (Å²) in [6, 6.07) is 8.88. The van der Waals surface area contributed by atoms with Gasteiger partial charge in [-0.2, -0.15) is 0 Å². The predicted molar refractivity (Wildman–Crippen MR) is 83.5 cm³/mol. The van der Waals surface area contributed by atoms with Crippen LogP contribution in [0.25, 0.3) is 22.9 Å². The van der Waals surface area contributed by atoms with Crippen LogP contribution in [0.2, 0.25) is 0 Å². The van der Waals surface area contributed by atoms with Crippen molar-refractivity contribution in [3.63, 3.8) is 0 Å². The number of rotatable bonds is 3. The standard InChI is InChI=1S/C15H12N4O2.ClH/c1-9-8-10(5-7-17-9)15-19-12(14(16)20)13(21-15)11-4-2-3-6-18-11;/h2-8H,1H3,(H2,16,20);1H. The van der Waals surface area contributed by atoms with Crippen LogP contribution in [0.4, 0.5) is 0 Å². The van der Waals surface area contributed by atoms with Crippen molar-refractivity contribution in [2.75, 3.05) is 0 Å². The molecule has 1 amide bonds. The van der Waals surface area contributed by atoms with Crippen molar-refractivity contribution in [3.05, 3.63) is 54.1 Å². The molecule has 22 heavy (non-hydrogen) atoms. The summed E-state index contributed by atoms with van der Waals surface area (Å²) in [6.45, 7) is 1.86. The quantitative estimate of drug-likeness (QED) is 0.801.